The van der Waals surface area contributed by atoms with Crippen molar-refractivity contribution in [2.75, 3.05) is 6.61 Å². The number of para-hydroxylation sites is 1. The first-order chi connectivity index (χ1) is 18.2. The van der Waals surface area contributed by atoms with Gasteiger partial charge in [-0.05, 0) is 42.5 Å². The lowest BCUT2D eigenvalue weighted by Gasteiger charge is -2.23. The van der Waals surface area contributed by atoms with Crippen LogP contribution in [-0.4, -0.2) is 22.1 Å². The van der Waals surface area contributed by atoms with Crippen molar-refractivity contribution in [2.45, 2.75) is 26.8 Å². The molecule has 0 saturated carbocycles. The topological polar surface area (TPSA) is 117 Å². The molecule has 1 atom stereocenters. The fourth-order valence-corrected chi connectivity index (χ4v) is 6.01. The van der Waals surface area contributed by atoms with E-state index in [0.29, 0.717) is 37.7 Å². The number of allylic oxidation sites excluding steroid dienone is 1. The Balaban J connectivity index is 1.59. The Morgan fingerprint density at radius 2 is 2.03 bits per heavy atom. The molecule has 0 saturated heterocycles. The van der Waals surface area contributed by atoms with Gasteiger partial charge in [-0.15, -0.1) is 11.3 Å². The number of carbonyl (C=O) groups excluding carboxylic acids is 1. The second-order valence-corrected chi connectivity index (χ2v) is 11.1. The summed E-state index contributed by atoms with van der Waals surface area (Å²) in [5.41, 5.74) is 0.787. The Labute approximate surface area is 224 Å². The Hall–Kier alpha value is -4.09. The highest BCUT2D eigenvalue weighted by atomic mass is 32.1. The zero-order valence-corrected chi connectivity index (χ0v) is 22.4. The maximum atomic E-state index is 13.7. The number of ether oxygens (including phenoxy) is 1. The number of aromatic nitrogens is 1. The molecule has 4 heterocycles. The van der Waals surface area contributed by atoms with Gasteiger partial charge in [-0.2, -0.15) is 0 Å². The van der Waals surface area contributed by atoms with Gasteiger partial charge >= 0.3 is 5.97 Å². The number of benzene rings is 1. The third-order valence-electron chi connectivity index (χ3n) is 5.87. The Kier molecular flexibility index (Phi) is 6.96. The van der Waals surface area contributed by atoms with Crippen LogP contribution in [0, 0.1) is 16.0 Å². The number of furan rings is 1. The predicted molar refractivity (Wildman–Crippen MR) is 145 cm³/mol. The van der Waals surface area contributed by atoms with E-state index in [2.05, 4.69) is 4.99 Å². The summed E-state index contributed by atoms with van der Waals surface area (Å²) in [5.74, 6) is 0.353. The van der Waals surface area contributed by atoms with Crippen molar-refractivity contribution in [1.29, 1.82) is 0 Å². The number of nitrogens with zero attached hydrogens (tertiary/aromatic N) is 3. The summed E-state index contributed by atoms with van der Waals surface area (Å²) >= 11 is 2.63. The Bertz CT molecular complexity index is 1740. The van der Waals surface area contributed by atoms with Crippen LogP contribution in [0.25, 0.3) is 17.4 Å². The number of hydrogen-bond donors (Lipinski definition) is 0. The molecule has 194 valence electrons. The summed E-state index contributed by atoms with van der Waals surface area (Å²) < 4.78 is 13.3. The number of thiophene rings is 1. The minimum absolute atomic E-state index is 0.0731. The Morgan fingerprint density at radius 3 is 2.74 bits per heavy atom. The molecule has 0 unspecified atom stereocenters. The number of rotatable bonds is 7. The molecule has 1 aliphatic heterocycles. The Morgan fingerprint density at radius 1 is 1.24 bits per heavy atom. The molecule has 11 heteroatoms. The maximum absolute atomic E-state index is 13.7. The molecule has 0 fully saturated rings. The average Bonchev–Trinajstić information content (AvgIpc) is 3.64. The van der Waals surface area contributed by atoms with Crippen molar-refractivity contribution in [3.8, 4) is 11.3 Å². The van der Waals surface area contributed by atoms with Gasteiger partial charge < -0.3 is 9.15 Å². The lowest BCUT2D eigenvalue weighted by atomic mass is 10.0. The minimum atomic E-state index is -0.660. The van der Waals surface area contributed by atoms with Gasteiger partial charge in [-0.1, -0.05) is 43.4 Å². The molecule has 38 heavy (non-hydrogen) atoms. The van der Waals surface area contributed by atoms with Crippen LogP contribution in [0.15, 0.2) is 79.4 Å². The van der Waals surface area contributed by atoms with E-state index in [-0.39, 0.29) is 23.8 Å². The largest absolute Gasteiger partial charge is 0.462 e. The molecule has 0 N–H and O–H groups in total. The van der Waals surface area contributed by atoms with Crippen LogP contribution in [0.2, 0.25) is 0 Å². The summed E-state index contributed by atoms with van der Waals surface area (Å²) in [6.45, 7) is 5.92. The van der Waals surface area contributed by atoms with Crippen molar-refractivity contribution in [3.63, 3.8) is 0 Å². The minimum Gasteiger partial charge on any atom is -0.462 e. The third-order valence-corrected chi connectivity index (χ3v) is 7.78. The van der Waals surface area contributed by atoms with E-state index in [1.807, 2.05) is 31.4 Å². The first-order valence-corrected chi connectivity index (χ1v) is 13.5. The maximum Gasteiger partial charge on any atom is 0.338 e. The van der Waals surface area contributed by atoms with Crippen molar-refractivity contribution >= 4 is 40.4 Å². The van der Waals surface area contributed by atoms with Gasteiger partial charge in [-0.3, -0.25) is 19.5 Å². The van der Waals surface area contributed by atoms with Gasteiger partial charge in [0.1, 0.15) is 17.6 Å². The highest BCUT2D eigenvalue weighted by Crippen LogP contribution is 2.34. The number of thiazole rings is 1. The van der Waals surface area contributed by atoms with E-state index in [4.69, 9.17) is 9.15 Å². The van der Waals surface area contributed by atoms with Gasteiger partial charge in [0.05, 0.1) is 32.9 Å². The van der Waals surface area contributed by atoms with Gasteiger partial charge in [0.15, 0.2) is 4.80 Å². The van der Waals surface area contributed by atoms with Gasteiger partial charge in [0.2, 0.25) is 0 Å². The fourth-order valence-electron chi connectivity index (χ4n) is 4.16. The van der Waals surface area contributed by atoms with E-state index in [1.165, 1.54) is 33.3 Å². The molecule has 1 aliphatic rings. The summed E-state index contributed by atoms with van der Waals surface area (Å²) in [7, 11) is 0. The van der Waals surface area contributed by atoms with Crippen molar-refractivity contribution in [3.05, 3.63) is 106 Å². The molecule has 3 aromatic heterocycles. The van der Waals surface area contributed by atoms with Crippen LogP contribution in [-0.2, 0) is 9.53 Å². The van der Waals surface area contributed by atoms with Gasteiger partial charge in [-0.25, -0.2) is 9.79 Å². The zero-order chi connectivity index (χ0) is 27.0. The number of carbonyl (C=O) groups is 1. The van der Waals surface area contributed by atoms with Crippen molar-refractivity contribution < 1.29 is 18.9 Å². The van der Waals surface area contributed by atoms with Gasteiger partial charge in [0.25, 0.3) is 11.2 Å². The number of esters is 1. The van der Waals surface area contributed by atoms with Crippen LogP contribution < -0.4 is 14.9 Å². The van der Waals surface area contributed by atoms with Gasteiger partial charge in [0, 0.05) is 17.0 Å². The van der Waals surface area contributed by atoms with Crippen molar-refractivity contribution in [1.82, 2.24) is 4.57 Å². The molecule has 4 aromatic rings. The van der Waals surface area contributed by atoms with Crippen LogP contribution in [0.5, 0.6) is 0 Å². The van der Waals surface area contributed by atoms with E-state index in [0.717, 1.165) is 4.88 Å². The van der Waals surface area contributed by atoms with E-state index in [1.54, 1.807) is 43.3 Å². The molecule has 1 aromatic carbocycles. The number of hydrogen-bond acceptors (Lipinski definition) is 9. The smallest absolute Gasteiger partial charge is 0.338 e. The summed E-state index contributed by atoms with van der Waals surface area (Å²) in [6.07, 6.45) is 1.59. The normalized spacial score (nSPS) is 15.5. The van der Waals surface area contributed by atoms with Crippen molar-refractivity contribution in [2.24, 2.45) is 10.9 Å². The van der Waals surface area contributed by atoms with Crippen LogP contribution in [0.3, 0.4) is 0 Å². The predicted octanol–water partition coefficient (Wildman–Crippen LogP) is 4.66. The standard InChI is InChI=1S/C27H23N3O6S2/c1-15(2)14-35-26(32)23-16(3)28-27-29(24(23)21-9-6-12-37-21)25(31)22(38-27)13-17-10-11-20(36-17)18-7-4-5-8-19(18)30(33)34/h4-13,15,24H,14H2,1-3H3/b22-13-/t24-/m0/s1. The summed E-state index contributed by atoms with van der Waals surface area (Å²) in [4.78, 5) is 43.6. The molecular weight excluding hydrogens is 526 g/mol. The second-order valence-electron chi connectivity index (χ2n) is 9.07. The molecule has 9 nitrogen and oxygen atoms in total. The summed E-state index contributed by atoms with van der Waals surface area (Å²) in [5, 5.41) is 13.3. The summed E-state index contributed by atoms with van der Waals surface area (Å²) in [6, 6.07) is 12.7. The molecule has 0 bridgehead atoms. The first kappa shape index (κ1) is 25.6. The molecule has 5 rings (SSSR count). The molecule has 0 spiro atoms. The SMILES string of the molecule is CC1=C(C(=O)OCC(C)C)[C@H](c2cccs2)n2c(s/c(=C\c3ccc(-c4ccccc4[N+](=O)[O-])o3)c2=O)=N1. The van der Waals surface area contributed by atoms with Crippen LogP contribution in [0.4, 0.5) is 5.69 Å². The highest BCUT2D eigenvalue weighted by molar-refractivity contribution is 7.10. The molecule has 0 amide bonds. The number of nitro groups is 1. The zero-order valence-electron chi connectivity index (χ0n) is 20.7. The molecule has 0 aliphatic carbocycles. The lowest BCUT2D eigenvalue weighted by Crippen LogP contribution is -2.39. The second kappa shape index (κ2) is 10.3. The van der Waals surface area contributed by atoms with E-state index >= 15 is 0 Å². The van der Waals surface area contributed by atoms with Crippen LogP contribution >= 0.6 is 22.7 Å². The number of fused-ring (bicyclic) bond motifs is 1. The van der Waals surface area contributed by atoms with E-state index < -0.39 is 16.9 Å². The highest BCUT2D eigenvalue weighted by Gasteiger charge is 2.34. The third kappa shape index (κ3) is 4.77. The number of nitro benzene ring substituents is 1. The quantitative estimate of drug-likeness (QED) is 0.188. The average molecular weight is 550 g/mol. The molecule has 0 radical (unpaired) electrons. The molecular formula is C27H23N3O6S2. The lowest BCUT2D eigenvalue weighted by molar-refractivity contribution is -0.384. The van der Waals surface area contributed by atoms with Crippen LogP contribution in [0.1, 0.15) is 37.5 Å². The monoisotopic (exact) mass is 549 g/mol. The first-order valence-electron chi connectivity index (χ1n) is 11.8. The fraction of sp³-hybridized carbons (Fsp3) is 0.222. The van der Waals surface area contributed by atoms with E-state index in [9.17, 15) is 19.7 Å².